The molecular weight excluding hydrogens is 145 g/mol. The first kappa shape index (κ1) is 9.07. The van der Waals surface area contributed by atoms with E-state index in [4.69, 9.17) is 20.6 Å². The fraction of sp³-hybridized carbons (Fsp3) is 1.00. The van der Waals surface area contributed by atoms with Crippen molar-refractivity contribution in [2.45, 2.75) is 6.04 Å². The summed E-state index contributed by atoms with van der Waals surface area (Å²) in [6.07, 6.45) is -0.455. The molecule has 0 fully saturated rings. The molecule has 9 heavy (non-hydrogen) atoms. The average molecular weight is 155 g/mol. The second-order valence-corrected chi connectivity index (χ2v) is 3.48. The Bertz CT molecular complexity index is 121. The molecular formula is C3H10NO4P. The lowest BCUT2D eigenvalue weighted by atomic mass is 10.4. The van der Waals surface area contributed by atoms with Crippen molar-refractivity contribution in [3.05, 3.63) is 0 Å². The molecule has 0 aromatic carbocycles. The predicted octanol–water partition coefficient (Wildman–Crippen LogP) is -1.52. The molecule has 0 aromatic rings. The van der Waals surface area contributed by atoms with E-state index in [2.05, 4.69) is 0 Å². The third-order valence-electron chi connectivity index (χ3n) is 0.707. The Morgan fingerprint density at radius 3 is 2.11 bits per heavy atom. The summed E-state index contributed by atoms with van der Waals surface area (Å²) < 4.78 is 10.1. The molecule has 0 amide bonds. The van der Waals surface area contributed by atoms with E-state index < -0.39 is 26.4 Å². The quantitative estimate of drug-likeness (QED) is 0.371. The van der Waals surface area contributed by atoms with E-state index in [0.717, 1.165) is 0 Å². The Hall–Kier alpha value is 0.0700. The Morgan fingerprint density at radius 2 is 2.00 bits per heavy atom. The molecule has 56 valence electrons. The zero-order chi connectivity index (χ0) is 7.49. The monoisotopic (exact) mass is 155 g/mol. The number of hydrogen-bond donors (Lipinski definition) is 4. The smallest absolute Gasteiger partial charge is 0.327 e. The molecule has 1 unspecified atom stereocenters. The van der Waals surface area contributed by atoms with Crippen molar-refractivity contribution in [2.24, 2.45) is 5.73 Å². The second-order valence-electron chi connectivity index (χ2n) is 1.79. The van der Waals surface area contributed by atoms with Crippen LogP contribution in [0.5, 0.6) is 0 Å². The molecule has 5 nitrogen and oxygen atoms in total. The molecule has 0 radical (unpaired) electrons. The van der Waals surface area contributed by atoms with Gasteiger partial charge >= 0.3 is 7.60 Å². The Kier molecular flexibility index (Phi) is 3.32. The van der Waals surface area contributed by atoms with Crippen LogP contribution in [0.3, 0.4) is 0 Å². The van der Waals surface area contributed by atoms with E-state index in [1.165, 1.54) is 0 Å². The average Bonchev–Trinajstić information content (AvgIpc) is 1.62. The van der Waals surface area contributed by atoms with Crippen LogP contribution in [-0.2, 0) is 4.57 Å². The number of aliphatic hydroxyl groups is 1. The van der Waals surface area contributed by atoms with Crippen molar-refractivity contribution in [3.63, 3.8) is 0 Å². The molecule has 0 bridgehead atoms. The van der Waals surface area contributed by atoms with Crippen molar-refractivity contribution in [1.29, 1.82) is 0 Å². The van der Waals surface area contributed by atoms with Gasteiger partial charge in [-0.05, 0) is 0 Å². The second kappa shape index (κ2) is 3.29. The van der Waals surface area contributed by atoms with Gasteiger partial charge in [-0.25, -0.2) is 0 Å². The summed E-state index contributed by atoms with van der Waals surface area (Å²) in [5.74, 6) is 0. The summed E-state index contributed by atoms with van der Waals surface area (Å²) in [5.41, 5.74) is 5.02. The fourth-order valence-electron chi connectivity index (χ4n) is 0.363. The van der Waals surface area contributed by atoms with Crippen molar-refractivity contribution >= 4 is 7.60 Å². The summed E-state index contributed by atoms with van der Waals surface area (Å²) in [6.45, 7) is -0.398. The van der Waals surface area contributed by atoms with E-state index in [0.29, 0.717) is 0 Å². The standard InChI is InChI=1S/C3H10NO4P/c4-3(1-5)2-9(6,7)8/h3,5H,1-2,4H2,(H2,6,7,8). The third-order valence-corrected chi connectivity index (χ3v) is 1.65. The van der Waals surface area contributed by atoms with Crippen LogP contribution >= 0.6 is 7.60 Å². The fourth-order valence-corrected chi connectivity index (χ4v) is 1.09. The maximum Gasteiger partial charge on any atom is 0.327 e. The molecule has 0 aliphatic rings. The Labute approximate surface area is 52.7 Å². The summed E-state index contributed by atoms with van der Waals surface area (Å²) in [4.78, 5) is 16.5. The predicted molar refractivity (Wildman–Crippen MR) is 32.0 cm³/mol. The van der Waals surface area contributed by atoms with Gasteiger partial charge in [-0.2, -0.15) is 0 Å². The molecule has 1 atom stereocenters. The van der Waals surface area contributed by atoms with Gasteiger partial charge in [0.05, 0.1) is 12.8 Å². The first-order valence-electron chi connectivity index (χ1n) is 2.36. The van der Waals surface area contributed by atoms with Crippen molar-refractivity contribution in [2.75, 3.05) is 12.8 Å². The van der Waals surface area contributed by atoms with Crippen LogP contribution in [-0.4, -0.2) is 33.7 Å². The third kappa shape index (κ3) is 5.95. The van der Waals surface area contributed by atoms with Crippen LogP contribution in [0.2, 0.25) is 0 Å². The number of hydrogen-bond acceptors (Lipinski definition) is 3. The van der Waals surface area contributed by atoms with E-state index in [1.54, 1.807) is 0 Å². The lowest BCUT2D eigenvalue weighted by molar-refractivity contribution is 0.267. The molecule has 0 aliphatic heterocycles. The molecule has 0 saturated heterocycles. The number of rotatable bonds is 3. The minimum absolute atomic E-state index is 0.398. The minimum atomic E-state index is -4.02. The minimum Gasteiger partial charge on any atom is -0.395 e. The van der Waals surface area contributed by atoms with Gasteiger partial charge in [-0.1, -0.05) is 0 Å². The van der Waals surface area contributed by atoms with Crippen LogP contribution in [0.1, 0.15) is 0 Å². The summed E-state index contributed by atoms with van der Waals surface area (Å²) in [5, 5.41) is 8.23. The van der Waals surface area contributed by atoms with Crippen molar-refractivity contribution in [1.82, 2.24) is 0 Å². The van der Waals surface area contributed by atoms with E-state index in [1.807, 2.05) is 0 Å². The topological polar surface area (TPSA) is 104 Å². The molecule has 5 N–H and O–H groups in total. The maximum absolute atomic E-state index is 10.1. The van der Waals surface area contributed by atoms with Crippen LogP contribution in [0, 0.1) is 0 Å². The van der Waals surface area contributed by atoms with Crippen LogP contribution in [0.4, 0.5) is 0 Å². The molecule has 6 heteroatoms. The first-order chi connectivity index (χ1) is 3.95. The van der Waals surface area contributed by atoms with Crippen molar-refractivity contribution in [3.8, 4) is 0 Å². The van der Waals surface area contributed by atoms with Gasteiger partial charge in [0.25, 0.3) is 0 Å². The lowest BCUT2D eigenvalue weighted by Crippen LogP contribution is -2.28. The van der Waals surface area contributed by atoms with Gasteiger partial charge in [-0.15, -0.1) is 0 Å². The zero-order valence-corrected chi connectivity index (χ0v) is 5.66. The SMILES string of the molecule is NC(CO)CP(=O)(O)O. The van der Waals surface area contributed by atoms with Crippen LogP contribution in [0.25, 0.3) is 0 Å². The number of aliphatic hydroxyl groups excluding tert-OH is 1. The van der Waals surface area contributed by atoms with Gasteiger partial charge in [0, 0.05) is 6.04 Å². The normalized spacial score (nSPS) is 15.6. The largest absolute Gasteiger partial charge is 0.395 e. The van der Waals surface area contributed by atoms with Crippen LogP contribution in [0.15, 0.2) is 0 Å². The highest BCUT2D eigenvalue weighted by atomic mass is 31.2. The van der Waals surface area contributed by atoms with E-state index >= 15 is 0 Å². The van der Waals surface area contributed by atoms with Crippen LogP contribution < -0.4 is 5.73 Å². The van der Waals surface area contributed by atoms with E-state index in [-0.39, 0.29) is 0 Å². The van der Waals surface area contributed by atoms with E-state index in [9.17, 15) is 4.57 Å². The molecule has 0 saturated carbocycles. The molecule has 0 aliphatic carbocycles. The molecule has 0 aromatic heterocycles. The Morgan fingerprint density at radius 1 is 1.56 bits per heavy atom. The molecule has 0 heterocycles. The highest BCUT2D eigenvalue weighted by molar-refractivity contribution is 7.51. The van der Waals surface area contributed by atoms with Gasteiger partial charge in [0.15, 0.2) is 0 Å². The number of nitrogens with two attached hydrogens (primary N) is 1. The summed E-state index contributed by atoms with van der Waals surface area (Å²) >= 11 is 0. The van der Waals surface area contributed by atoms with Crippen molar-refractivity contribution < 1.29 is 19.5 Å². The lowest BCUT2D eigenvalue weighted by Gasteiger charge is -2.07. The highest BCUT2D eigenvalue weighted by Gasteiger charge is 2.17. The summed E-state index contributed by atoms with van der Waals surface area (Å²) in [7, 11) is -4.02. The Balaban J connectivity index is 3.60. The van der Waals surface area contributed by atoms with Gasteiger partial charge in [0.2, 0.25) is 0 Å². The first-order valence-corrected chi connectivity index (χ1v) is 4.16. The highest BCUT2D eigenvalue weighted by Crippen LogP contribution is 2.34. The van der Waals surface area contributed by atoms with Gasteiger partial charge < -0.3 is 20.6 Å². The maximum atomic E-state index is 10.1. The zero-order valence-electron chi connectivity index (χ0n) is 4.77. The van der Waals surface area contributed by atoms with Gasteiger partial charge in [0.1, 0.15) is 0 Å². The van der Waals surface area contributed by atoms with Gasteiger partial charge in [-0.3, -0.25) is 4.57 Å². The summed E-state index contributed by atoms with van der Waals surface area (Å²) in [6, 6.07) is -0.814. The molecule has 0 spiro atoms. The molecule has 0 rings (SSSR count).